The van der Waals surface area contributed by atoms with E-state index >= 15 is 0 Å². The molecule has 6 N–H and O–H groups in total. The van der Waals surface area contributed by atoms with E-state index in [0.717, 1.165) is 5.56 Å². The summed E-state index contributed by atoms with van der Waals surface area (Å²) in [6.07, 6.45) is 4.75. The summed E-state index contributed by atoms with van der Waals surface area (Å²) in [4.78, 5) is 59.7. The number of carbonyl (C=O) groups excluding carboxylic acids is 3. The second-order valence-electron chi connectivity index (χ2n) is 9.86. The number of hydrogen-bond donors (Lipinski definition) is 5. The smallest absolute Gasteiger partial charge is 0.326 e. The van der Waals surface area contributed by atoms with Crippen LogP contribution < -0.4 is 16.4 Å². The molecular weight excluding hydrogens is 476 g/mol. The third kappa shape index (κ3) is 7.88. The molecular formula is C26H36N6O5. The van der Waals surface area contributed by atoms with Crippen molar-refractivity contribution in [3.05, 3.63) is 54.1 Å². The lowest BCUT2D eigenvalue weighted by Gasteiger charge is -2.29. The van der Waals surface area contributed by atoms with Crippen LogP contribution in [0.1, 0.15) is 44.4 Å². The molecule has 2 aromatic rings. The van der Waals surface area contributed by atoms with Crippen LogP contribution in [0, 0.1) is 5.92 Å². The highest BCUT2D eigenvalue weighted by Crippen LogP contribution is 2.20. The topological polar surface area (TPSA) is 171 Å². The van der Waals surface area contributed by atoms with E-state index in [2.05, 4.69) is 20.6 Å². The van der Waals surface area contributed by atoms with E-state index in [1.54, 1.807) is 24.3 Å². The molecule has 0 radical (unpaired) electrons. The predicted molar refractivity (Wildman–Crippen MR) is 136 cm³/mol. The van der Waals surface area contributed by atoms with Crippen molar-refractivity contribution in [2.24, 2.45) is 11.7 Å². The fourth-order valence-corrected chi connectivity index (χ4v) is 4.54. The maximum Gasteiger partial charge on any atom is 0.326 e. The van der Waals surface area contributed by atoms with Crippen LogP contribution in [0.25, 0.3) is 0 Å². The number of likely N-dealkylation sites (tertiary alicyclic amines) is 1. The Morgan fingerprint density at radius 1 is 1.14 bits per heavy atom. The van der Waals surface area contributed by atoms with Crippen molar-refractivity contribution in [2.75, 3.05) is 6.54 Å². The van der Waals surface area contributed by atoms with Gasteiger partial charge in [0.1, 0.15) is 18.1 Å². The zero-order valence-electron chi connectivity index (χ0n) is 21.2. The molecule has 1 saturated heterocycles. The van der Waals surface area contributed by atoms with Crippen molar-refractivity contribution in [3.8, 4) is 0 Å². The highest BCUT2D eigenvalue weighted by atomic mass is 16.4. The van der Waals surface area contributed by atoms with E-state index in [4.69, 9.17) is 5.73 Å². The number of nitrogens with zero attached hydrogens (tertiary/aromatic N) is 2. The van der Waals surface area contributed by atoms with Gasteiger partial charge in [-0.3, -0.25) is 14.4 Å². The van der Waals surface area contributed by atoms with Gasteiger partial charge in [-0.15, -0.1) is 0 Å². The van der Waals surface area contributed by atoms with Crippen LogP contribution in [0.4, 0.5) is 0 Å². The summed E-state index contributed by atoms with van der Waals surface area (Å²) in [5, 5.41) is 15.0. The van der Waals surface area contributed by atoms with Gasteiger partial charge in [0.25, 0.3) is 0 Å². The Balaban J connectivity index is 1.73. The Hall–Kier alpha value is -3.73. The Bertz CT molecular complexity index is 1060. The first kappa shape index (κ1) is 27.9. The third-order valence-electron chi connectivity index (χ3n) is 6.39. The van der Waals surface area contributed by atoms with Gasteiger partial charge < -0.3 is 31.4 Å². The van der Waals surface area contributed by atoms with E-state index < -0.39 is 42.0 Å². The molecule has 37 heavy (non-hydrogen) atoms. The normalized spacial score (nSPS) is 17.7. The highest BCUT2D eigenvalue weighted by molar-refractivity contribution is 5.94. The Kier molecular flexibility index (Phi) is 9.78. The van der Waals surface area contributed by atoms with Crippen LogP contribution in [0.2, 0.25) is 0 Å². The largest absolute Gasteiger partial charge is 0.480 e. The van der Waals surface area contributed by atoms with Gasteiger partial charge in [0.2, 0.25) is 17.7 Å². The Labute approximate surface area is 216 Å². The minimum atomic E-state index is -1.19. The van der Waals surface area contributed by atoms with E-state index in [1.165, 1.54) is 17.4 Å². The number of carboxylic acids is 1. The lowest BCUT2D eigenvalue weighted by molar-refractivity contribution is -0.143. The quantitative estimate of drug-likeness (QED) is 0.277. The lowest BCUT2D eigenvalue weighted by Crippen LogP contribution is -2.57. The number of hydrogen-bond acceptors (Lipinski definition) is 6. The van der Waals surface area contributed by atoms with Crippen molar-refractivity contribution in [2.45, 2.75) is 70.1 Å². The number of aliphatic carboxylic acids is 1. The molecule has 1 aliphatic heterocycles. The fraction of sp³-hybridized carbons (Fsp3) is 0.500. The number of nitrogens with one attached hydrogen (secondary N) is 3. The number of amides is 3. The molecule has 0 aliphatic carbocycles. The summed E-state index contributed by atoms with van der Waals surface area (Å²) in [7, 11) is 0. The average Bonchev–Trinajstić information content (AvgIpc) is 3.55. The van der Waals surface area contributed by atoms with Gasteiger partial charge in [-0.25, -0.2) is 9.78 Å². The molecule has 3 rings (SSSR count). The maximum atomic E-state index is 13.3. The Morgan fingerprint density at radius 2 is 1.86 bits per heavy atom. The number of imidazole rings is 1. The van der Waals surface area contributed by atoms with Gasteiger partial charge in [-0.2, -0.15) is 0 Å². The molecule has 0 bridgehead atoms. The van der Waals surface area contributed by atoms with Crippen molar-refractivity contribution in [1.82, 2.24) is 25.5 Å². The second kappa shape index (κ2) is 13.0. The number of nitrogens with two attached hydrogens (primary N) is 1. The van der Waals surface area contributed by atoms with Crippen molar-refractivity contribution in [3.63, 3.8) is 0 Å². The number of H-pyrrole nitrogens is 1. The van der Waals surface area contributed by atoms with Crippen LogP contribution in [-0.2, 0) is 32.0 Å². The molecule has 1 aromatic carbocycles. The predicted octanol–water partition coefficient (Wildman–Crippen LogP) is 0.614. The van der Waals surface area contributed by atoms with E-state index in [9.17, 15) is 24.3 Å². The van der Waals surface area contributed by atoms with E-state index in [0.29, 0.717) is 31.5 Å². The highest BCUT2D eigenvalue weighted by Gasteiger charge is 2.38. The standard InChI is InChI=1S/C26H36N6O5/c1-16(2)11-19(27)25(35)32-10-6-9-22(32)24(34)30-20(13-18-14-28-15-29-18)23(33)31-21(26(36)37)12-17-7-4-3-5-8-17/h3-5,7-8,14-16,19-22H,6,9-13,27H2,1-2H3,(H,28,29)(H,30,34)(H,31,33)(H,36,37). The lowest BCUT2D eigenvalue weighted by atomic mass is 10.0. The summed E-state index contributed by atoms with van der Waals surface area (Å²) >= 11 is 0. The summed E-state index contributed by atoms with van der Waals surface area (Å²) in [5.41, 5.74) is 7.44. The third-order valence-corrected chi connectivity index (χ3v) is 6.39. The van der Waals surface area contributed by atoms with Gasteiger partial charge in [0.15, 0.2) is 0 Å². The monoisotopic (exact) mass is 512 g/mol. The van der Waals surface area contributed by atoms with Gasteiger partial charge in [0.05, 0.1) is 12.4 Å². The van der Waals surface area contributed by atoms with Crippen molar-refractivity contribution < 1.29 is 24.3 Å². The Morgan fingerprint density at radius 3 is 2.49 bits per heavy atom. The number of rotatable bonds is 12. The van der Waals surface area contributed by atoms with Crippen LogP contribution in [-0.4, -0.2) is 74.4 Å². The molecule has 3 amide bonds. The fourth-order valence-electron chi connectivity index (χ4n) is 4.54. The number of carbonyl (C=O) groups is 4. The molecule has 200 valence electrons. The molecule has 2 heterocycles. The van der Waals surface area contributed by atoms with E-state index in [1.807, 2.05) is 19.9 Å². The minimum Gasteiger partial charge on any atom is -0.480 e. The van der Waals surface area contributed by atoms with Crippen LogP contribution in [0.3, 0.4) is 0 Å². The zero-order valence-corrected chi connectivity index (χ0v) is 21.2. The van der Waals surface area contributed by atoms with Gasteiger partial charge in [-0.1, -0.05) is 44.2 Å². The average molecular weight is 513 g/mol. The molecule has 11 nitrogen and oxygen atoms in total. The maximum absolute atomic E-state index is 13.3. The first-order valence-corrected chi connectivity index (χ1v) is 12.6. The summed E-state index contributed by atoms with van der Waals surface area (Å²) in [5.74, 6) is -2.35. The molecule has 0 spiro atoms. The van der Waals surface area contributed by atoms with Crippen LogP contribution in [0.5, 0.6) is 0 Å². The molecule has 4 unspecified atom stereocenters. The molecule has 0 saturated carbocycles. The van der Waals surface area contributed by atoms with E-state index in [-0.39, 0.29) is 24.7 Å². The molecule has 1 aliphatic rings. The minimum absolute atomic E-state index is 0.0722. The second-order valence-corrected chi connectivity index (χ2v) is 9.86. The summed E-state index contributed by atoms with van der Waals surface area (Å²) < 4.78 is 0. The zero-order chi connectivity index (χ0) is 26.9. The van der Waals surface area contributed by atoms with Crippen molar-refractivity contribution >= 4 is 23.7 Å². The van der Waals surface area contributed by atoms with Gasteiger partial charge in [0, 0.05) is 31.3 Å². The summed E-state index contributed by atoms with van der Waals surface area (Å²) in [6.45, 7) is 4.36. The molecule has 1 fully saturated rings. The first-order chi connectivity index (χ1) is 17.7. The van der Waals surface area contributed by atoms with Crippen molar-refractivity contribution in [1.29, 1.82) is 0 Å². The van der Waals surface area contributed by atoms with Gasteiger partial charge in [-0.05, 0) is 30.7 Å². The summed E-state index contributed by atoms with van der Waals surface area (Å²) in [6, 6.07) is 5.25. The first-order valence-electron chi connectivity index (χ1n) is 12.6. The molecule has 4 atom stereocenters. The SMILES string of the molecule is CC(C)CC(N)C(=O)N1CCCC1C(=O)NC(Cc1cnc[nH]1)C(=O)NC(Cc1ccccc1)C(=O)O. The number of aromatic nitrogens is 2. The number of benzene rings is 1. The van der Waals surface area contributed by atoms with Crippen LogP contribution >= 0.6 is 0 Å². The number of carboxylic acid groups (broad SMARTS) is 1. The molecule has 1 aromatic heterocycles. The number of aromatic amines is 1. The van der Waals surface area contributed by atoms with Gasteiger partial charge >= 0.3 is 5.97 Å². The van der Waals surface area contributed by atoms with Crippen LogP contribution in [0.15, 0.2) is 42.9 Å². The molecule has 11 heteroatoms.